The molecule has 6 heteroatoms. The number of hydrogen-bond acceptors (Lipinski definition) is 4. The van der Waals surface area contributed by atoms with Crippen molar-refractivity contribution in [2.45, 2.75) is 70.8 Å². The van der Waals surface area contributed by atoms with Crippen molar-refractivity contribution in [3.63, 3.8) is 0 Å². The van der Waals surface area contributed by atoms with E-state index in [2.05, 4.69) is 22.5 Å². The van der Waals surface area contributed by atoms with Gasteiger partial charge in [0.1, 0.15) is 0 Å². The van der Waals surface area contributed by atoms with Crippen molar-refractivity contribution >= 4 is 23.2 Å². The second-order valence-corrected chi connectivity index (χ2v) is 8.13. The molecule has 0 saturated carbocycles. The minimum absolute atomic E-state index is 0.0146. The van der Waals surface area contributed by atoms with Crippen LogP contribution in [-0.4, -0.2) is 44.2 Å². The lowest BCUT2D eigenvalue weighted by Gasteiger charge is -2.22. The second kappa shape index (κ2) is 11.2. The molecule has 0 aromatic heterocycles. The summed E-state index contributed by atoms with van der Waals surface area (Å²) in [6, 6.07) is 5.70. The summed E-state index contributed by atoms with van der Waals surface area (Å²) in [7, 11) is 0. The minimum atomic E-state index is -0.0959. The van der Waals surface area contributed by atoms with Crippen molar-refractivity contribution in [2.75, 3.05) is 36.5 Å². The third-order valence-electron chi connectivity index (χ3n) is 5.74. The molecule has 2 aliphatic heterocycles. The van der Waals surface area contributed by atoms with Gasteiger partial charge in [-0.3, -0.25) is 9.59 Å². The predicted octanol–water partition coefficient (Wildman–Crippen LogP) is 4.10. The van der Waals surface area contributed by atoms with E-state index < -0.39 is 0 Å². The van der Waals surface area contributed by atoms with Crippen molar-refractivity contribution in [2.24, 2.45) is 0 Å². The van der Waals surface area contributed by atoms with Gasteiger partial charge in [-0.2, -0.15) is 0 Å². The summed E-state index contributed by atoms with van der Waals surface area (Å²) in [6.45, 7) is 5.41. The fourth-order valence-corrected chi connectivity index (χ4v) is 4.07. The first-order valence-corrected chi connectivity index (χ1v) is 11.3. The molecule has 2 fully saturated rings. The molecule has 1 atom stereocenters. The summed E-state index contributed by atoms with van der Waals surface area (Å²) in [5.74, 6) is -0.0813. The van der Waals surface area contributed by atoms with Crippen LogP contribution in [0.5, 0.6) is 0 Å². The van der Waals surface area contributed by atoms with E-state index in [0.717, 1.165) is 76.8 Å². The summed E-state index contributed by atoms with van der Waals surface area (Å²) in [6.07, 6.45) is 9.27. The highest BCUT2D eigenvalue weighted by atomic mass is 16.5. The zero-order valence-electron chi connectivity index (χ0n) is 17.7. The molecular weight excluding hydrogens is 366 g/mol. The summed E-state index contributed by atoms with van der Waals surface area (Å²) in [4.78, 5) is 27.5. The highest BCUT2D eigenvalue weighted by molar-refractivity contribution is 6.02. The monoisotopic (exact) mass is 401 g/mol. The molecular formula is C23H35N3O3. The van der Waals surface area contributed by atoms with Gasteiger partial charge in [-0.15, -0.1) is 0 Å². The Morgan fingerprint density at radius 3 is 2.69 bits per heavy atom. The molecule has 2 aliphatic rings. The van der Waals surface area contributed by atoms with Crippen LogP contribution in [0.15, 0.2) is 18.2 Å². The number of nitrogens with one attached hydrogen (secondary N) is 2. The van der Waals surface area contributed by atoms with Gasteiger partial charge in [0, 0.05) is 44.0 Å². The number of anilines is 2. The maximum atomic E-state index is 13.0. The largest absolute Gasteiger partial charge is 0.376 e. The standard InChI is InChI=1S/C23H35N3O3/c1-2-3-4-5-10-22(27)25-18-11-12-21(26-13-6-7-14-26)20(16-18)23(28)24-17-19-9-8-15-29-19/h11-12,16,19H,2-10,13-15,17H2,1H3,(H,24,28)(H,25,27). The molecule has 2 heterocycles. The van der Waals surface area contributed by atoms with Gasteiger partial charge in [-0.05, 0) is 50.3 Å². The van der Waals surface area contributed by atoms with Gasteiger partial charge in [0.25, 0.3) is 5.91 Å². The Bertz CT molecular complexity index is 680. The number of amides is 2. The maximum absolute atomic E-state index is 13.0. The number of hydrogen-bond donors (Lipinski definition) is 2. The Kier molecular flexibility index (Phi) is 8.35. The Morgan fingerprint density at radius 2 is 1.97 bits per heavy atom. The summed E-state index contributed by atoms with van der Waals surface area (Å²) < 4.78 is 5.62. The number of unbranched alkanes of at least 4 members (excludes halogenated alkanes) is 3. The molecule has 0 bridgehead atoms. The van der Waals surface area contributed by atoms with E-state index in [4.69, 9.17) is 4.74 Å². The Hall–Kier alpha value is -2.08. The van der Waals surface area contributed by atoms with Crippen LogP contribution in [0.3, 0.4) is 0 Å². The minimum Gasteiger partial charge on any atom is -0.376 e. The van der Waals surface area contributed by atoms with E-state index in [1.807, 2.05) is 18.2 Å². The molecule has 6 nitrogen and oxygen atoms in total. The van der Waals surface area contributed by atoms with E-state index in [0.29, 0.717) is 24.2 Å². The van der Waals surface area contributed by atoms with Crippen LogP contribution in [0.25, 0.3) is 0 Å². The fourth-order valence-electron chi connectivity index (χ4n) is 4.07. The summed E-state index contributed by atoms with van der Waals surface area (Å²) in [5.41, 5.74) is 2.28. The average Bonchev–Trinajstić information content (AvgIpc) is 3.43. The molecule has 1 unspecified atom stereocenters. The van der Waals surface area contributed by atoms with Crippen LogP contribution < -0.4 is 15.5 Å². The summed E-state index contributed by atoms with van der Waals surface area (Å²) >= 11 is 0. The van der Waals surface area contributed by atoms with Gasteiger partial charge in [0.15, 0.2) is 0 Å². The SMILES string of the molecule is CCCCCCC(=O)Nc1ccc(N2CCCC2)c(C(=O)NCC2CCCO2)c1. The van der Waals surface area contributed by atoms with E-state index >= 15 is 0 Å². The van der Waals surface area contributed by atoms with Crippen LogP contribution in [0.1, 0.15) is 75.1 Å². The predicted molar refractivity (Wildman–Crippen MR) is 117 cm³/mol. The van der Waals surface area contributed by atoms with Crippen molar-refractivity contribution in [3.05, 3.63) is 23.8 Å². The number of ether oxygens (including phenoxy) is 1. The van der Waals surface area contributed by atoms with Crippen LogP contribution in [-0.2, 0) is 9.53 Å². The molecule has 2 N–H and O–H groups in total. The Morgan fingerprint density at radius 1 is 1.14 bits per heavy atom. The van der Waals surface area contributed by atoms with E-state index in [1.165, 1.54) is 0 Å². The molecule has 2 saturated heterocycles. The molecule has 0 spiro atoms. The number of rotatable bonds is 10. The van der Waals surface area contributed by atoms with Crippen molar-refractivity contribution in [3.8, 4) is 0 Å². The third-order valence-corrected chi connectivity index (χ3v) is 5.74. The smallest absolute Gasteiger partial charge is 0.253 e. The molecule has 29 heavy (non-hydrogen) atoms. The highest BCUT2D eigenvalue weighted by Crippen LogP contribution is 2.28. The van der Waals surface area contributed by atoms with E-state index in [1.54, 1.807) is 0 Å². The molecule has 1 aromatic rings. The quantitative estimate of drug-likeness (QED) is 0.579. The first-order valence-electron chi connectivity index (χ1n) is 11.3. The zero-order chi connectivity index (χ0) is 20.5. The zero-order valence-corrected chi connectivity index (χ0v) is 17.7. The molecule has 1 aromatic carbocycles. The molecule has 3 rings (SSSR count). The number of nitrogens with zero attached hydrogens (tertiary/aromatic N) is 1. The summed E-state index contributed by atoms with van der Waals surface area (Å²) in [5, 5.41) is 6.00. The van der Waals surface area contributed by atoms with Gasteiger partial charge in [0.05, 0.1) is 11.7 Å². The Balaban J connectivity index is 1.66. The van der Waals surface area contributed by atoms with Crippen LogP contribution in [0.2, 0.25) is 0 Å². The fraction of sp³-hybridized carbons (Fsp3) is 0.652. The van der Waals surface area contributed by atoms with Crippen molar-refractivity contribution in [1.29, 1.82) is 0 Å². The van der Waals surface area contributed by atoms with Gasteiger partial charge in [-0.25, -0.2) is 0 Å². The first kappa shape index (κ1) is 21.6. The molecule has 2 amide bonds. The molecule has 0 radical (unpaired) electrons. The normalized spacial score (nSPS) is 18.8. The average molecular weight is 402 g/mol. The van der Waals surface area contributed by atoms with Gasteiger partial charge in [0.2, 0.25) is 5.91 Å². The lowest BCUT2D eigenvalue weighted by atomic mass is 10.1. The topological polar surface area (TPSA) is 70.7 Å². The van der Waals surface area contributed by atoms with E-state index in [9.17, 15) is 9.59 Å². The maximum Gasteiger partial charge on any atom is 0.253 e. The van der Waals surface area contributed by atoms with Crippen LogP contribution in [0.4, 0.5) is 11.4 Å². The van der Waals surface area contributed by atoms with Gasteiger partial charge >= 0.3 is 0 Å². The molecule has 0 aliphatic carbocycles. The van der Waals surface area contributed by atoms with Gasteiger partial charge < -0.3 is 20.3 Å². The van der Waals surface area contributed by atoms with E-state index in [-0.39, 0.29) is 17.9 Å². The first-order chi connectivity index (χ1) is 14.2. The number of carbonyl (C=O) groups is 2. The highest BCUT2D eigenvalue weighted by Gasteiger charge is 2.22. The lowest BCUT2D eigenvalue weighted by Crippen LogP contribution is -2.33. The van der Waals surface area contributed by atoms with Gasteiger partial charge in [-0.1, -0.05) is 26.2 Å². The molecule has 160 valence electrons. The number of carbonyl (C=O) groups excluding carboxylic acids is 2. The van der Waals surface area contributed by atoms with Crippen LogP contribution >= 0.6 is 0 Å². The number of benzene rings is 1. The van der Waals surface area contributed by atoms with Crippen molar-refractivity contribution < 1.29 is 14.3 Å². The Labute approximate surface area is 174 Å². The van der Waals surface area contributed by atoms with Crippen LogP contribution in [0, 0.1) is 0 Å². The third kappa shape index (κ3) is 6.46. The lowest BCUT2D eigenvalue weighted by molar-refractivity contribution is -0.116. The second-order valence-electron chi connectivity index (χ2n) is 8.13. The van der Waals surface area contributed by atoms with Crippen molar-refractivity contribution in [1.82, 2.24) is 5.32 Å².